The Hall–Kier alpha value is -2.74. The molecular formula is C19H24FN5O2. The smallest absolute Gasteiger partial charge is 0.155 e. The maximum Gasteiger partial charge on any atom is 0.155 e. The first-order valence-electron chi connectivity index (χ1n) is 8.89. The number of aliphatic hydroxyl groups excluding tert-OH is 1. The van der Waals surface area contributed by atoms with Crippen LogP contribution in [0.1, 0.15) is 45.1 Å². The largest absolute Gasteiger partial charge is 0.491 e. The molecule has 1 aliphatic heterocycles. The normalized spacial score (nSPS) is 14.9. The van der Waals surface area contributed by atoms with Gasteiger partial charge in [-0.2, -0.15) is 0 Å². The van der Waals surface area contributed by atoms with E-state index in [2.05, 4.69) is 15.3 Å². The number of halogens is 1. The van der Waals surface area contributed by atoms with Crippen molar-refractivity contribution in [1.82, 2.24) is 14.9 Å². The molecule has 8 heteroatoms. The maximum absolute atomic E-state index is 14.2. The number of imidazole rings is 1. The fourth-order valence-electron chi connectivity index (χ4n) is 2.96. The van der Waals surface area contributed by atoms with Gasteiger partial charge in [0.1, 0.15) is 35.5 Å². The lowest BCUT2D eigenvalue weighted by molar-refractivity contribution is 0.194. The molecule has 0 saturated heterocycles. The zero-order valence-electron chi connectivity index (χ0n) is 15.9. The van der Waals surface area contributed by atoms with Gasteiger partial charge in [0, 0.05) is 23.9 Å². The summed E-state index contributed by atoms with van der Waals surface area (Å²) in [4.78, 5) is 8.93. The lowest BCUT2D eigenvalue weighted by atomic mass is 10.0. The van der Waals surface area contributed by atoms with Gasteiger partial charge in [0.2, 0.25) is 0 Å². The molecule has 144 valence electrons. The van der Waals surface area contributed by atoms with E-state index >= 15 is 0 Å². The molecule has 0 amide bonds. The van der Waals surface area contributed by atoms with Crippen molar-refractivity contribution in [2.75, 3.05) is 6.61 Å². The zero-order valence-corrected chi connectivity index (χ0v) is 15.9. The molecule has 1 atom stereocenters. The van der Waals surface area contributed by atoms with E-state index < -0.39 is 11.9 Å². The average molecular weight is 373 g/mol. The number of ether oxygens (including phenoxy) is 1. The Kier molecular flexibility index (Phi) is 5.27. The number of aliphatic imine (C=N–C) groups is 1. The predicted molar refractivity (Wildman–Crippen MR) is 102 cm³/mol. The van der Waals surface area contributed by atoms with E-state index in [1.807, 2.05) is 24.6 Å². The van der Waals surface area contributed by atoms with Crippen LogP contribution in [0.3, 0.4) is 0 Å². The first-order chi connectivity index (χ1) is 12.8. The van der Waals surface area contributed by atoms with Crippen molar-refractivity contribution in [3.8, 4) is 17.1 Å². The summed E-state index contributed by atoms with van der Waals surface area (Å²) < 4.78 is 21.8. The van der Waals surface area contributed by atoms with Gasteiger partial charge in [-0.25, -0.2) is 14.4 Å². The van der Waals surface area contributed by atoms with Crippen LogP contribution in [0, 0.1) is 11.2 Å². The predicted octanol–water partition coefficient (Wildman–Crippen LogP) is 2.88. The van der Waals surface area contributed by atoms with Crippen molar-refractivity contribution < 1.29 is 14.2 Å². The van der Waals surface area contributed by atoms with Gasteiger partial charge < -0.3 is 19.7 Å². The van der Waals surface area contributed by atoms with Gasteiger partial charge in [-0.3, -0.25) is 5.41 Å². The van der Waals surface area contributed by atoms with Gasteiger partial charge in [-0.05, 0) is 33.8 Å². The molecule has 0 bridgehead atoms. The molecule has 2 heterocycles. The highest BCUT2D eigenvalue weighted by Gasteiger charge is 2.23. The van der Waals surface area contributed by atoms with Crippen molar-refractivity contribution in [3.63, 3.8) is 0 Å². The number of nitrogens with one attached hydrogen (secondary N) is 2. The van der Waals surface area contributed by atoms with E-state index in [9.17, 15) is 9.50 Å². The summed E-state index contributed by atoms with van der Waals surface area (Å²) in [6.07, 6.45) is 0.901. The maximum atomic E-state index is 14.2. The molecule has 2 aromatic rings. The number of benzene rings is 1. The summed E-state index contributed by atoms with van der Waals surface area (Å²) in [6.45, 7) is 8.00. The zero-order chi connectivity index (χ0) is 19.7. The van der Waals surface area contributed by atoms with Gasteiger partial charge in [-0.15, -0.1) is 0 Å². The van der Waals surface area contributed by atoms with E-state index in [1.165, 1.54) is 13.0 Å². The van der Waals surface area contributed by atoms with Gasteiger partial charge in [0.05, 0.1) is 18.2 Å². The van der Waals surface area contributed by atoms with Crippen LogP contribution in [-0.4, -0.2) is 39.0 Å². The molecule has 0 saturated carbocycles. The Morgan fingerprint density at radius 2 is 2.15 bits per heavy atom. The highest BCUT2D eigenvalue weighted by Crippen LogP contribution is 2.35. The van der Waals surface area contributed by atoms with E-state index in [1.54, 1.807) is 13.0 Å². The van der Waals surface area contributed by atoms with Crippen molar-refractivity contribution in [1.29, 1.82) is 5.41 Å². The molecular weight excluding hydrogens is 349 g/mol. The van der Waals surface area contributed by atoms with Crippen LogP contribution in [0.15, 0.2) is 23.3 Å². The standard InChI is InChI=1S/C19H24FN5O2/c1-10(2)22-18(23-12(4)21)16-9-25-5-6-27-17-8-15(20)13(11(3)26)7-14(17)19(25)24-16/h7-11,26H,5-6H2,1-4H3,(H2,21,22,23). The molecule has 3 rings (SSSR count). The molecule has 0 radical (unpaired) electrons. The Morgan fingerprint density at radius 1 is 1.41 bits per heavy atom. The first kappa shape index (κ1) is 19.0. The van der Waals surface area contributed by atoms with Gasteiger partial charge >= 0.3 is 0 Å². The summed E-state index contributed by atoms with van der Waals surface area (Å²) >= 11 is 0. The van der Waals surface area contributed by atoms with E-state index in [0.717, 1.165) is 0 Å². The summed E-state index contributed by atoms with van der Waals surface area (Å²) in [5.41, 5.74) is 1.41. The highest BCUT2D eigenvalue weighted by atomic mass is 19.1. The van der Waals surface area contributed by atoms with E-state index in [4.69, 9.17) is 10.1 Å². The van der Waals surface area contributed by atoms with Crippen molar-refractivity contribution in [2.24, 2.45) is 4.99 Å². The second kappa shape index (κ2) is 7.48. The number of amidine groups is 2. The molecule has 3 N–H and O–H groups in total. The topological polar surface area (TPSA) is 95.5 Å². The summed E-state index contributed by atoms with van der Waals surface area (Å²) in [5, 5.41) is 20.8. The van der Waals surface area contributed by atoms with Crippen molar-refractivity contribution >= 4 is 11.7 Å². The number of aliphatic hydroxyl groups is 1. The Bertz CT molecular complexity index is 902. The van der Waals surface area contributed by atoms with Crippen LogP contribution >= 0.6 is 0 Å². The number of fused-ring (bicyclic) bond motifs is 3. The van der Waals surface area contributed by atoms with Crippen LogP contribution < -0.4 is 10.1 Å². The molecule has 1 aromatic heterocycles. The summed E-state index contributed by atoms with van der Waals surface area (Å²) in [7, 11) is 0. The van der Waals surface area contributed by atoms with Gasteiger partial charge in [-0.1, -0.05) is 0 Å². The Morgan fingerprint density at radius 3 is 2.78 bits per heavy atom. The molecule has 1 aromatic carbocycles. The number of hydrogen-bond donors (Lipinski definition) is 3. The molecule has 7 nitrogen and oxygen atoms in total. The summed E-state index contributed by atoms with van der Waals surface area (Å²) in [5.74, 6) is 1.18. The molecule has 1 aliphatic rings. The van der Waals surface area contributed by atoms with Crippen molar-refractivity contribution in [2.45, 2.75) is 46.4 Å². The van der Waals surface area contributed by atoms with Crippen molar-refractivity contribution in [3.05, 3.63) is 35.4 Å². The lowest BCUT2D eigenvalue weighted by Crippen LogP contribution is -2.32. The monoisotopic (exact) mass is 373 g/mol. The number of rotatable bonds is 3. The molecule has 0 spiro atoms. The molecule has 0 aliphatic carbocycles. The number of nitrogens with zero attached hydrogens (tertiary/aromatic N) is 3. The van der Waals surface area contributed by atoms with Crippen LogP contribution in [0.2, 0.25) is 0 Å². The quantitative estimate of drug-likeness (QED) is 0.569. The number of hydrogen-bond acceptors (Lipinski definition) is 4. The Labute approximate surface area is 157 Å². The molecule has 27 heavy (non-hydrogen) atoms. The van der Waals surface area contributed by atoms with Crippen LogP contribution in [0.5, 0.6) is 5.75 Å². The van der Waals surface area contributed by atoms with E-state index in [-0.39, 0.29) is 17.4 Å². The third-order valence-electron chi connectivity index (χ3n) is 4.10. The highest BCUT2D eigenvalue weighted by molar-refractivity contribution is 6.04. The second-order valence-corrected chi connectivity index (χ2v) is 6.88. The van der Waals surface area contributed by atoms with E-state index in [0.29, 0.717) is 41.8 Å². The minimum absolute atomic E-state index is 0.121. The van der Waals surface area contributed by atoms with Crippen LogP contribution in [-0.2, 0) is 6.54 Å². The minimum atomic E-state index is -0.943. The third-order valence-corrected chi connectivity index (χ3v) is 4.10. The first-order valence-corrected chi connectivity index (χ1v) is 8.89. The Balaban J connectivity index is 2.13. The van der Waals surface area contributed by atoms with Gasteiger partial charge in [0.25, 0.3) is 0 Å². The van der Waals surface area contributed by atoms with Gasteiger partial charge in [0.15, 0.2) is 5.84 Å². The third kappa shape index (κ3) is 4.00. The SMILES string of the molecule is CC(=N)/N=C(\NC(C)C)c1cn2c(n1)-c1cc(C(C)O)c(F)cc1OCC2. The minimum Gasteiger partial charge on any atom is -0.491 e. The molecule has 1 unspecified atom stereocenters. The fourth-order valence-corrected chi connectivity index (χ4v) is 2.96. The van der Waals surface area contributed by atoms with Crippen LogP contribution in [0.4, 0.5) is 4.39 Å². The summed E-state index contributed by atoms with van der Waals surface area (Å²) in [6, 6.07) is 3.00. The lowest BCUT2D eigenvalue weighted by Gasteiger charge is -2.12. The molecule has 0 fully saturated rings. The fraction of sp³-hybridized carbons (Fsp3) is 0.421. The average Bonchev–Trinajstić information content (AvgIpc) is 2.90. The van der Waals surface area contributed by atoms with Crippen LogP contribution in [0.25, 0.3) is 11.4 Å². The second-order valence-electron chi connectivity index (χ2n) is 6.88. The number of aromatic nitrogens is 2.